The molecular formula is C35H36Cl8O8. The van der Waals surface area contributed by atoms with E-state index in [2.05, 4.69) is 13.8 Å². The molecule has 8 nitrogen and oxygen atoms in total. The van der Waals surface area contributed by atoms with Crippen LogP contribution in [-0.4, -0.2) is 41.9 Å². The van der Waals surface area contributed by atoms with Crippen molar-refractivity contribution in [1.82, 2.24) is 0 Å². The minimum atomic E-state index is -1.02. The van der Waals surface area contributed by atoms with Gasteiger partial charge >= 0.3 is 0 Å². The molecule has 0 fully saturated rings. The number of hydrogen-bond donors (Lipinski definition) is 0. The molecule has 0 saturated heterocycles. The molecule has 0 bridgehead atoms. The Kier molecular flexibility index (Phi) is 34.6. The summed E-state index contributed by atoms with van der Waals surface area (Å²) in [6.07, 6.45) is 1.25. The maximum absolute atomic E-state index is 11.1. The molecule has 0 unspecified atom stereocenters. The van der Waals surface area contributed by atoms with Crippen LogP contribution in [0.1, 0.15) is 145 Å². The fraction of sp³-hybridized carbons (Fsp3) is 0.257. The van der Waals surface area contributed by atoms with Gasteiger partial charge in [0.15, 0.2) is 0 Å². The average molecular weight is 868 g/mol. The summed E-state index contributed by atoms with van der Waals surface area (Å²) in [4.78, 5) is 87.3. The molecule has 0 spiro atoms. The summed E-state index contributed by atoms with van der Waals surface area (Å²) in [5, 5.41) is -6.81. The van der Waals surface area contributed by atoms with Gasteiger partial charge in [0.1, 0.15) is 0 Å². The van der Waals surface area contributed by atoms with Gasteiger partial charge in [-0.1, -0.05) is 86.1 Å². The molecule has 0 N–H and O–H groups in total. The van der Waals surface area contributed by atoms with Gasteiger partial charge in [0.25, 0.3) is 41.9 Å². The Bertz CT molecular complexity index is 1410. The van der Waals surface area contributed by atoms with E-state index >= 15 is 0 Å². The SMILES string of the molecule is CC.CC.CC.CCC.O=C(Cl)c1cc(C(=O)Cl)c(C(=O)Cl)cc1C(=O)Cl.O=C(Cl)c1ccccc1C(=O)Cl.O=C(Cl)c1ccccc1C(=O)Cl. The molecule has 0 heterocycles. The number of carbonyl (C=O) groups excluding carboxylic acids is 8. The van der Waals surface area contributed by atoms with E-state index in [1.165, 1.54) is 30.7 Å². The maximum Gasteiger partial charge on any atom is 0.253 e. The maximum atomic E-state index is 11.1. The Morgan fingerprint density at radius 2 is 0.451 bits per heavy atom. The second-order valence-corrected chi connectivity index (χ2v) is 10.7. The van der Waals surface area contributed by atoms with Crippen molar-refractivity contribution in [3.63, 3.8) is 0 Å². The van der Waals surface area contributed by atoms with E-state index in [1.807, 2.05) is 41.5 Å². The predicted octanol–water partition coefficient (Wildman–Crippen LogP) is 12.6. The number of rotatable bonds is 8. The van der Waals surface area contributed by atoms with E-state index in [-0.39, 0.29) is 44.5 Å². The molecule has 0 aromatic heterocycles. The van der Waals surface area contributed by atoms with Gasteiger partial charge in [0.2, 0.25) is 0 Å². The van der Waals surface area contributed by atoms with Crippen LogP contribution in [0.3, 0.4) is 0 Å². The molecule has 3 rings (SSSR count). The lowest BCUT2D eigenvalue weighted by Crippen LogP contribution is -2.09. The van der Waals surface area contributed by atoms with Crippen LogP contribution in [0.4, 0.5) is 0 Å². The van der Waals surface area contributed by atoms with E-state index in [1.54, 1.807) is 24.3 Å². The van der Waals surface area contributed by atoms with Gasteiger partial charge in [-0.2, -0.15) is 0 Å². The zero-order valence-electron chi connectivity index (χ0n) is 28.8. The molecule has 280 valence electrons. The smallest absolute Gasteiger partial charge is 0.253 e. The fourth-order valence-corrected chi connectivity index (χ4v) is 4.19. The molecule has 3 aromatic carbocycles. The molecule has 3 aromatic rings. The van der Waals surface area contributed by atoms with Crippen molar-refractivity contribution in [1.29, 1.82) is 0 Å². The number of carbonyl (C=O) groups is 8. The van der Waals surface area contributed by atoms with Crippen LogP contribution in [0.5, 0.6) is 0 Å². The van der Waals surface area contributed by atoms with Gasteiger partial charge in [-0.3, -0.25) is 38.4 Å². The van der Waals surface area contributed by atoms with E-state index < -0.39 is 41.9 Å². The lowest BCUT2D eigenvalue weighted by molar-refractivity contribution is 0.104. The van der Waals surface area contributed by atoms with Gasteiger partial charge in [-0.25, -0.2) is 0 Å². The van der Waals surface area contributed by atoms with Gasteiger partial charge in [-0.05, 0) is 129 Å². The monoisotopic (exact) mass is 864 g/mol. The molecule has 0 radical (unpaired) electrons. The third-order valence-electron chi connectivity index (χ3n) is 4.71. The third kappa shape index (κ3) is 21.5. The molecule has 0 saturated carbocycles. The quantitative estimate of drug-likeness (QED) is 0.204. The Hall–Kier alpha value is -2.66. The highest BCUT2D eigenvalue weighted by Gasteiger charge is 2.23. The first kappa shape index (κ1) is 55.1. The van der Waals surface area contributed by atoms with Crippen LogP contribution in [-0.2, 0) is 0 Å². The Morgan fingerprint density at radius 1 is 0.333 bits per heavy atom. The first-order chi connectivity index (χ1) is 23.9. The fourth-order valence-electron chi connectivity index (χ4n) is 2.90. The van der Waals surface area contributed by atoms with Crippen LogP contribution in [0.2, 0.25) is 0 Å². The minimum absolute atomic E-state index is 0.138. The molecular weight excluding hydrogens is 832 g/mol. The molecule has 0 atom stereocenters. The van der Waals surface area contributed by atoms with Gasteiger partial charge < -0.3 is 0 Å². The van der Waals surface area contributed by atoms with Crippen molar-refractivity contribution in [3.8, 4) is 0 Å². The first-order valence-electron chi connectivity index (χ1n) is 14.9. The summed E-state index contributed by atoms with van der Waals surface area (Å²) in [6, 6.07) is 14.0. The molecule has 0 aliphatic rings. The highest BCUT2D eigenvalue weighted by atomic mass is 35.5. The molecule has 51 heavy (non-hydrogen) atoms. The van der Waals surface area contributed by atoms with E-state index in [4.69, 9.17) is 92.8 Å². The number of benzene rings is 3. The van der Waals surface area contributed by atoms with Gasteiger partial charge in [-0.15, -0.1) is 0 Å². The van der Waals surface area contributed by atoms with Crippen LogP contribution in [0.15, 0.2) is 60.7 Å². The largest absolute Gasteiger partial charge is 0.276 e. The summed E-state index contributed by atoms with van der Waals surface area (Å²) in [5.74, 6) is 0. The molecule has 0 amide bonds. The van der Waals surface area contributed by atoms with Crippen molar-refractivity contribution in [2.45, 2.75) is 61.8 Å². The highest BCUT2D eigenvalue weighted by molar-refractivity contribution is 6.74. The number of hydrogen-bond acceptors (Lipinski definition) is 8. The van der Waals surface area contributed by atoms with Crippen LogP contribution < -0.4 is 0 Å². The van der Waals surface area contributed by atoms with Crippen molar-refractivity contribution in [2.24, 2.45) is 0 Å². The zero-order valence-corrected chi connectivity index (χ0v) is 34.8. The van der Waals surface area contributed by atoms with Gasteiger partial charge in [0.05, 0.1) is 0 Å². The molecule has 16 heteroatoms. The van der Waals surface area contributed by atoms with Gasteiger partial charge in [0, 0.05) is 44.5 Å². The molecule has 0 aliphatic carbocycles. The minimum Gasteiger partial charge on any atom is -0.276 e. The van der Waals surface area contributed by atoms with Crippen LogP contribution in [0, 0.1) is 0 Å². The summed E-state index contributed by atoms with van der Waals surface area (Å²) in [5.41, 5.74) is -0.772. The molecule has 0 aliphatic heterocycles. The Morgan fingerprint density at radius 3 is 0.549 bits per heavy atom. The first-order valence-corrected chi connectivity index (χ1v) is 17.9. The summed E-state index contributed by atoms with van der Waals surface area (Å²) in [7, 11) is 0. The summed E-state index contributed by atoms with van der Waals surface area (Å²) >= 11 is 41.8. The normalized spacial score (nSPS) is 8.71. The second-order valence-electron chi connectivity index (χ2n) is 7.93. The van der Waals surface area contributed by atoms with E-state index in [0.717, 1.165) is 12.1 Å². The average Bonchev–Trinajstić information content (AvgIpc) is 3.10. The van der Waals surface area contributed by atoms with E-state index in [0.29, 0.717) is 0 Å². The van der Waals surface area contributed by atoms with Crippen LogP contribution >= 0.6 is 92.8 Å². The van der Waals surface area contributed by atoms with E-state index in [9.17, 15) is 38.4 Å². The van der Waals surface area contributed by atoms with Crippen LogP contribution in [0.25, 0.3) is 0 Å². The Balaban J connectivity index is -0.000000297. The summed E-state index contributed by atoms with van der Waals surface area (Å²) in [6.45, 7) is 16.2. The highest BCUT2D eigenvalue weighted by Crippen LogP contribution is 2.24. The van der Waals surface area contributed by atoms with Crippen molar-refractivity contribution in [3.05, 3.63) is 105 Å². The lowest BCUT2D eigenvalue weighted by Gasteiger charge is -2.07. The van der Waals surface area contributed by atoms with Crippen molar-refractivity contribution >= 4 is 135 Å². The standard InChI is InChI=1S/C10H2Cl4O4.2C8H4Cl2O2.C3H8.3C2H6/c11-7(15)3-1-4(8(12)16)6(10(14)18)2-5(3)9(13)17;2*9-7(11)5-3-1-2-4-6(5)8(10)12;1-3-2;3*1-2/h1-2H;2*1-4H;3H2,1-2H3;3*1-2H3. The lowest BCUT2D eigenvalue weighted by atomic mass is 10.0. The Labute approximate surface area is 338 Å². The van der Waals surface area contributed by atoms with Crippen molar-refractivity contribution < 1.29 is 38.4 Å². The second kappa shape index (κ2) is 32.0. The number of halogens is 8. The third-order valence-corrected chi connectivity index (χ3v) is 6.33. The topological polar surface area (TPSA) is 137 Å². The zero-order chi connectivity index (χ0) is 41.0. The van der Waals surface area contributed by atoms with Crippen molar-refractivity contribution in [2.75, 3.05) is 0 Å². The predicted molar refractivity (Wildman–Crippen MR) is 211 cm³/mol. The summed E-state index contributed by atoms with van der Waals surface area (Å²) < 4.78 is 0.